The van der Waals surface area contributed by atoms with Gasteiger partial charge in [0.25, 0.3) is 0 Å². The SMILES string of the molecule is CC1(C)CCC(NC2CNC2)CC1. The van der Waals surface area contributed by atoms with E-state index >= 15 is 0 Å². The summed E-state index contributed by atoms with van der Waals surface area (Å²) in [6.45, 7) is 7.15. The first-order valence-corrected chi connectivity index (χ1v) is 5.62. The zero-order valence-corrected chi connectivity index (χ0v) is 8.90. The van der Waals surface area contributed by atoms with Gasteiger partial charge in [-0.1, -0.05) is 13.8 Å². The van der Waals surface area contributed by atoms with E-state index in [9.17, 15) is 0 Å². The second-order valence-electron chi connectivity index (χ2n) is 5.46. The largest absolute Gasteiger partial charge is 0.314 e. The van der Waals surface area contributed by atoms with Gasteiger partial charge in [-0.3, -0.25) is 0 Å². The summed E-state index contributed by atoms with van der Waals surface area (Å²) in [5.41, 5.74) is 0.607. The number of hydrogen-bond donors (Lipinski definition) is 2. The Morgan fingerprint density at radius 3 is 2.15 bits per heavy atom. The minimum absolute atomic E-state index is 0.607. The van der Waals surface area contributed by atoms with Crippen LogP contribution in [0.3, 0.4) is 0 Å². The molecule has 2 nitrogen and oxygen atoms in total. The van der Waals surface area contributed by atoms with Crippen molar-refractivity contribution in [2.75, 3.05) is 13.1 Å². The van der Waals surface area contributed by atoms with E-state index in [0.29, 0.717) is 5.41 Å². The third kappa shape index (κ3) is 2.44. The molecule has 0 unspecified atom stereocenters. The van der Waals surface area contributed by atoms with Crippen LogP contribution in [0.25, 0.3) is 0 Å². The molecule has 2 rings (SSSR count). The summed E-state index contributed by atoms with van der Waals surface area (Å²) in [5.74, 6) is 0. The molecule has 0 spiro atoms. The van der Waals surface area contributed by atoms with Gasteiger partial charge in [0, 0.05) is 25.2 Å². The maximum absolute atomic E-state index is 3.73. The van der Waals surface area contributed by atoms with Crippen LogP contribution in [0.5, 0.6) is 0 Å². The van der Waals surface area contributed by atoms with E-state index in [0.717, 1.165) is 12.1 Å². The van der Waals surface area contributed by atoms with Gasteiger partial charge >= 0.3 is 0 Å². The van der Waals surface area contributed by atoms with Crippen LogP contribution in [0.1, 0.15) is 39.5 Å². The van der Waals surface area contributed by atoms with Crippen LogP contribution in [0.15, 0.2) is 0 Å². The van der Waals surface area contributed by atoms with Crippen LogP contribution < -0.4 is 10.6 Å². The van der Waals surface area contributed by atoms with Crippen molar-refractivity contribution < 1.29 is 0 Å². The quantitative estimate of drug-likeness (QED) is 0.676. The summed E-state index contributed by atoms with van der Waals surface area (Å²) in [6.07, 6.45) is 5.54. The Balaban J connectivity index is 1.71. The van der Waals surface area contributed by atoms with Crippen molar-refractivity contribution in [1.82, 2.24) is 10.6 Å². The Morgan fingerprint density at radius 2 is 1.69 bits per heavy atom. The molecule has 2 heteroatoms. The average molecular weight is 182 g/mol. The van der Waals surface area contributed by atoms with Crippen molar-refractivity contribution in [2.24, 2.45) is 5.41 Å². The Labute approximate surface area is 81.5 Å². The van der Waals surface area contributed by atoms with Gasteiger partial charge in [0.05, 0.1) is 0 Å². The highest BCUT2D eigenvalue weighted by molar-refractivity contribution is 4.88. The lowest BCUT2D eigenvalue weighted by atomic mass is 9.75. The molecule has 0 atom stereocenters. The lowest BCUT2D eigenvalue weighted by molar-refractivity contribution is 0.187. The highest BCUT2D eigenvalue weighted by atomic mass is 15.1. The van der Waals surface area contributed by atoms with Gasteiger partial charge in [-0.15, -0.1) is 0 Å². The van der Waals surface area contributed by atoms with Crippen LogP contribution in [0.2, 0.25) is 0 Å². The highest BCUT2D eigenvalue weighted by Crippen LogP contribution is 2.35. The van der Waals surface area contributed by atoms with E-state index in [-0.39, 0.29) is 0 Å². The van der Waals surface area contributed by atoms with Gasteiger partial charge < -0.3 is 10.6 Å². The molecule has 1 saturated carbocycles. The van der Waals surface area contributed by atoms with E-state index in [1.165, 1.54) is 38.8 Å². The van der Waals surface area contributed by atoms with Gasteiger partial charge in [-0.25, -0.2) is 0 Å². The van der Waals surface area contributed by atoms with Crippen molar-refractivity contribution in [3.63, 3.8) is 0 Å². The molecule has 0 radical (unpaired) electrons. The van der Waals surface area contributed by atoms with Crippen molar-refractivity contribution >= 4 is 0 Å². The summed E-state index contributed by atoms with van der Waals surface area (Å²) >= 11 is 0. The zero-order valence-electron chi connectivity index (χ0n) is 8.90. The molecule has 1 saturated heterocycles. The maximum Gasteiger partial charge on any atom is 0.0319 e. The Hall–Kier alpha value is -0.0800. The first kappa shape index (κ1) is 9.47. The third-order valence-corrected chi connectivity index (χ3v) is 3.59. The smallest absolute Gasteiger partial charge is 0.0319 e. The average Bonchev–Trinajstić information content (AvgIpc) is 1.99. The molecular weight excluding hydrogens is 160 g/mol. The fraction of sp³-hybridized carbons (Fsp3) is 1.00. The van der Waals surface area contributed by atoms with Gasteiger partial charge in [-0.05, 0) is 31.1 Å². The second kappa shape index (κ2) is 3.58. The van der Waals surface area contributed by atoms with Gasteiger partial charge in [0.1, 0.15) is 0 Å². The van der Waals surface area contributed by atoms with E-state index in [1.54, 1.807) is 0 Å². The molecular formula is C11H22N2. The highest BCUT2D eigenvalue weighted by Gasteiger charge is 2.28. The second-order valence-corrected chi connectivity index (χ2v) is 5.46. The number of nitrogens with one attached hydrogen (secondary N) is 2. The molecule has 0 aromatic carbocycles. The standard InChI is InChI=1S/C11H22N2/c1-11(2)5-3-9(4-6-11)13-10-7-12-8-10/h9-10,12-13H,3-8H2,1-2H3. The van der Waals surface area contributed by atoms with E-state index in [1.807, 2.05) is 0 Å². The van der Waals surface area contributed by atoms with Crippen LogP contribution in [-0.2, 0) is 0 Å². The van der Waals surface area contributed by atoms with Crippen molar-refractivity contribution in [1.29, 1.82) is 0 Å². The van der Waals surface area contributed by atoms with Crippen LogP contribution >= 0.6 is 0 Å². The monoisotopic (exact) mass is 182 g/mol. The Bertz CT molecular complexity index is 163. The lowest BCUT2D eigenvalue weighted by Gasteiger charge is -2.38. The summed E-state index contributed by atoms with van der Waals surface area (Å²) in [7, 11) is 0. The van der Waals surface area contributed by atoms with Gasteiger partial charge in [0.2, 0.25) is 0 Å². The van der Waals surface area contributed by atoms with E-state index < -0.39 is 0 Å². The summed E-state index contributed by atoms with van der Waals surface area (Å²) in [6, 6.07) is 1.58. The van der Waals surface area contributed by atoms with Crippen LogP contribution in [0, 0.1) is 5.41 Å². The predicted octanol–water partition coefficient (Wildman–Crippen LogP) is 1.52. The molecule has 0 aromatic rings. The fourth-order valence-electron chi connectivity index (χ4n) is 2.31. The van der Waals surface area contributed by atoms with Crippen LogP contribution in [-0.4, -0.2) is 25.2 Å². The molecule has 13 heavy (non-hydrogen) atoms. The first-order chi connectivity index (χ1) is 6.16. The Morgan fingerprint density at radius 1 is 1.08 bits per heavy atom. The first-order valence-electron chi connectivity index (χ1n) is 5.62. The normalized spacial score (nSPS) is 30.0. The maximum atomic E-state index is 3.73. The Kier molecular flexibility index (Phi) is 2.61. The molecule has 1 heterocycles. The molecule has 1 aliphatic heterocycles. The molecule has 2 N–H and O–H groups in total. The zero-order chi connectivity index (χ0) is 9.31. The van der Waals surface area contributed by atoms with Crippen molar-refractivity contribution in [3.05, 3.63) is 0 Å². The summed E-state index contributed by atoms with van der Waals surface area (Å²) < 4.78 is 0. The van der Waals surface area contributed by atoms with E-state index in [4.69, 9.17) is 0 Å². The van der Waals surface area contributed by atoms with Crippen molar-refractivity contribution in [3.8, 4) is 0 Å². The number of rotatable bonds is 2. The predicted molar refractivity (Wildman–Crippen MR) is 55.8 cm³/mol. The molecule has 2 fully saturated rings. The fourth-order valence-corrected chi connectivity index (χ4v) is 2.31. The number of hydrogen-bond acceptors (Lipinski definition) is 2. The van der Waals surface area contributed by atoms with Gasteiger partial charge in [0.15, 0.2) is 0 Å². The molecule has 0 amide bonds. The molecule has 76 valence electrons. The topological polar surface area (TPSA) is 24.1 Å². The third-order valence-electron chi connectivity index (χ3n) is 3.59. The molecule has 0 aromatic heterocycles. The minimum atomic E-state index is 0.607. The summed E-state index contributed by atoms with van der Waals surface area (Å²) in [5, 5.41) is 7.04. The molecule has 1 aliphatic carbocycles. The van der Waals surface area contributed by atoms with Crippen LogP contribution in [0.4, 0.5) is 0 Å². The lowest BCUT2D eigenvalue weighted by Crippen LogP contribution is -2.58. The minimum Gasteiger partial charge on any atom is -0.314 e. The molecule has 0 bridgehead atoms. The van der Waals surface area contributed by atoms with E-state index in [2.05, 4.69) is 24.5 Å². The molecule has 2 aliphatic rings. The van der Waals surface area contributed by atoms with Crippen molar-refractivity contribution in [2.45, 2.75) is 51.6 Å². The summed E-state index contributed by atoms with van der Waals surface area (Å²) in [4.78, 5) is 0. The van der Waals surface area contributed by atoms with Gasteiger partial charge in [-0.2, -0.15) is 0 Å².